The number of benzene rings is 1. The van der Waals surface area contributed by atoms with Crippen molar-refractivity contribution in [2.75, 3.05) is 23.7 Å². The van der Waals surface area contributed by atoms with Gasteiger partial charge in [-0.2, -0.15) is 0 Å². The maximum atomic E-state index is 14.0. The molecule has 6 heteroatoms. The fourth-order valence-corrected chi connectivity index (χ4v) is 3.09. The van der Waals surface area contributed by atoms with E-state index >= 15 is 0 Å². The Balaban J connectivity index is 2.00. The van der Waals surface area contributed by atoms with Gasteiger partial charge in [-0.15, -0.1) is 0 Å². The van der Waals surface area contributed by atoms with Crippen LogP contribution in [0.2, 0.25) is 0 Å². The predicted octanol–water partition coefficient (Wildman–Crippen LogP) is 1.26. The van der Waals surface area contributed by atoms with Gasteiger partial charge in [0.05, 0.1) is 12.0 Å². The maximum Gasteiger partial charge on any atom is 0.225 e. The van der Waals surface area contributed by atoms with Crippen LogP contribution in [-0.4, -0.2) is 25.0 Å². The summed E-state index contributed by atoms with van der Waals surface area (Å²) in [6, 6.07) is 2.06. The zero-order chi connectivity index (χ0) is 13.6. The van der Waals surface area contributed by atoms with Crippen LogP contribution in [0, 0.1) is 17.6 Å². The van der Waals surface area contributed by atoms with Gasteiger partial charge in [-0.05, 0) is 25.0 Å². The molecule has 1 aromatic rings. The summed E-state index contributed by atoms with van der Waals surface area (Å²) < 4.78 is 28.0. The zero-order valence-electron chi connectivity index (χ0n) is 10.3. The zero-order valence-corrected chi connectivity index (χ0v) is 10.3. The van der Waals surface area contributed by atoms with E-state index in [1.54, 1.807) is 4.90 Å². The number of halogens is 2. The summed E-state index contributed by atoms with van der Waals surface area (Å²) in [7, 11) is 0. The predicted molar refractivity (Wildman–Crippen MR) is 67.6 cm³/mol. The molecule has 0 bridgehead atoms. The molecule has 0 aromatic heterocycles. The van der Waals surface area contributed by atoms with Crippen LogP contribution in [0.4, 0.5) is 20.2 Å². The van der Waals surface area contributed by atoms with Crippen molar-refractivity contribution in [3.8, 4) is 0 Å². The van der Waals surface area contributed by atoms with E-state index in [0.29, 0.717) is 13.1 Å². The van der Waals surface area contributed by atoms with Gasteiger partial charge < -0.3 is 16.0 Å². The first-order chi connectivity index (χ1) is 9.08. The van der Waals surface area contributed by atoms with Crippen LogP contribution in [0.1, 0.15) is 12.8 Å². The number of carbonyl (C=O) groups is 1. The number of carbonyl (C=O) groups excluding carboxylic acids is 1. The van der Waals surface area contributed by atoms with Crippen molar-refractivity contribution in [3.63, 3.8) is 0 Å². The first kappa shape index (κ1) is 12.2. The molecule has 2 heterocycles. The smallest absolute Gasteiger partial charge is 0.225 e. The molecule has 3 rings (SSSR count). The van der Waals surface area contributed by atoms with E-state index in [4.69, 9.17) is 5.73 Å². The van der Waals surface area contributed by atoms with E-state index in [1.165, 1.54) is 0 Å². The molecule has 0 spiro atoms. The second kappa shape index (κ2) is 4.36. The van der Waals surface area contributed by atoms with Crippen LogP contribution in [0.25, 0.3) is 0 Å². The molecule has 0 saturated carbocycles. The SMILES string of the molecule is Nc1cc(F)c(N2CCCC3C(=O)NCC32)c(F)c1. The number of nitrogen functional groups attached to an aromatic ring is 1. The Hall–Kier alpha value is -1.85. The second-order valence-electron chi connectivity index (χ2n) is 5.09. The number of hydrogen-bond acceptors (Lipinski definition) is 3. The van der Waals surface area contributed by atoms with Crippen LogP contribution in [-0.2, 0) is 4.79 Å². The van der Waals surface area contributed by atoms with E-state index in [9.17, 15) is 13.6 Å². The average molecular weight is 267 g/mol. The monoisotopic (exact) mass is 267 g/mol. The highest BCUT2D eigenvalue weighted by Crippen LogP contribution is 2.35. The van der Waals surface area contributed by atoms with Crippen molar-refractivity contribution in [3.05, 3.63) is 23.8 Å². The van der Waals surface area contributed by atoms with Gasteiger partial charge in [0.25, 0.3) is 0 Å². The van der Waals surface area contributed by atoms with Crippen LogP contribution in [0.5, 0.6) is 0 Å². The van der Waals surface area contributed by atoms with Gasteiger partial charge >= 0.3 is 0 Å². The molecule has 102 valence electrons. The molecule has 2 aliphatic heterocycles. The van der Waals surface area contributed by atoms with Crippen LogP contribution < -0.4 is 16.0 Å². The van der Waals surface area contributed by atoms with Gasteiger partial charge in [0.1, 0.15) is 5.69 Å². The Labute approximate surface area is 109 Å². The van der Waals surface area contributed by atoms with Gasteiger partial charge in [0, 0.05) is 18.8 Å². The van der Waals surface area contributed by atoms with E-state index in [2.05, 4.69) is 5.32 Å². The Morgan fingerprint density at radius 1 is 1.32 bits per heavy atom. The molecule has 2 saturated heterocycles. The molecule has 19 heavy (non-hydrogen) atoms. The third-order valence-electron chi connectivity index (χ3n) is 3.93. The largest absolute Gasteiger partial charge is 0.399 e. The molecule has 2 unspecified atom stereocenters. The number of nitrogens with zero attached hydrogens (tertiary/aromatic N) is 1. The number of piperidine rings is 1. The van der Waals surface area contributed by atoms with Crippen molar-refractivity contribution in [2.24, 2.45) is 5.92 Å². The topological polar surface area (TPSA) is 58.4 Å². The minimum Gasteiger partial charge on any atom is -0.399 e. The summed E-state index contributed by atoms with van der Waals surface area (Å²) in [6.07, 6.45) is 1.52. The number of nitrogens with one attached hydrogen (secondary N) is 1. The van der Waals surface area contributed by atoms with Crippen molar-refractivity contribution >= 4 is 17.3 Å². The van der Waals surface area contributed by atoms with Crippen molar-refractivity contribution in [1.29, 1.82) is 0 Å². The number of amides is 1. The van der Waals surface area contributed by atoms with Crippen LogP contribution >= 0.6 is 0 Å². The summed E-state index contributed by atoms with van der Waals surface area (Å²) >= 11 is 0. The normalized spacial score (nSPS) is 26.2. The number of fused-ring (bicyclic) bond motifs is 1. The molecule has 0 aliphatic carbocycles. The van der Waals surface area contributed by atoms with E-state index < -0.39 is 11.6 Å². The van der Waals surface area contributed by atoms with Crippen molar-refractivity contribution in [2.45, 2.75) is 18.9 Å². The summed E-state index contributed by atoms with van der Waals surface area (Å²) in [5.74, 6) is -1.54. The number of nitrogens with two attached hydrogens (primary N) is 1. The molecule has 2 aliphatic rings. The molecule has 1 aromatic carbocycles. The summed E-state index contributed by atoms with van der Waals surface area (Å²) in [5, 5.41) is 2.76. The highest BCUT2D eigenvalue weighted by molar-refractivity contribution is 5.83. The molecule has 2 fully saturated rings. The molecule has 1 amide bonds. The lowest BCUT2D eigenvalue weighted by Crippen LogP contribution is -2.46. The standard InChI is InChI=1S/C13H15F2N3O/c14-9-4-7(16)5-10(15)12(9)18-3-1-2-8-11(18)6-17-13(8)19/h4-5,8,11H,1-3,6,16H2,(H,17,19). The minimum atomic E-state index is -0.669. The van der Waals surface area contributed by atoms with Gasteiger partial charge in [0.2, 0.25) is 5.91 Å². The number of hydrogen-bond donors (Lipinski definition) is 2. The minimum absolute atomic E-state index is 0.0223. The number of rotatable bonds is 1. The lowest BCUT2D eigenvalue weighted by molar-refractivity contribution is -0.123. The Morgan fingerprint density at radius 2 is 2.00 bits per heavy atom. The fourth-order valence-electron chi connectivity index (χ4n) is 3.09. The Bertz CT molecular complexity index is 512. The van der Waals surface area contributed by atoms with Crippen LogP contribution in [0.15, 0.2) is 12.1 Å². The molecule has 2 atom stereocenters. The average Bonchev–Trinajstić information content (AvgIpc) is 2.71. The van der Waals surface area contributed by atoms with E-state index in [-0.39, 0.29) is 29.2 Å². The highest BCUT2D eigenvalue weighted by Gasteiger charge is 2.42. The summed E-state index contributed by atoms with van der Waals surface area (Å²) in [4.78, 5) is 13.3. The Morgan fingerprint density at radius 3 is 2.68 bits per heavy atom. The molecular formula is C13H15F2N3O. The summed E-state index contributed by atoms with van der Waals surface area (Å²) in [5.41, 5.74) is 5.42. The van der Waals surface area contributed by atoms with Gasteiger partial charge in [-0.25, -0.2) is 8.78 Å². The van der Waals surface area contributed by atoms with E-state index in [1.807, 2.05) is 0 Å². The van der Waals surface area contributed by atoms with Crippen molar-refractivity contribution < 1.29 is 13.6 Å². The second-order valence-corrected chi connectivity index (χ2v) is 5.09. The quantitative estimate of drug-likeness (QED) is 0.753. The number of anilines is 2. The van der Waals surface area contributed by atoms with Crippen LogP contribution in [0.3, 0.4) is 0 Å². The fraction of sp³-hybridized carbons (Fsp3) is 0.462. The third-order valence-corrected chi connectivity index (χ3v) is 3.93. The lowest BCUT2D eigenvalue weighted by atomic mass is 9.91. The molecule has 3 N–H and O–H groups in total. The third kappa shape index (κ3) is 1.91. The lowest BCUT2D eigenvalue weighted by Gasteiger charge is -2.38. The first-order valence-corrected chi connectivity index (χ1v) is 6.37. The highest BCUT2D eigenvalue weighted by atomic mass is 19.1. The van der Waals surface area contributed by atoms with Crippen molar-refractivity contribution in [1.82, 2.24) is 5.32 Å². The molecule has 0 radical (unpaired) electrons. The summed E-state index contributed by atoms with van der Waals surface area (Å²) in [6.45, 7) is 0.987. The molecule has 4 nitrogen and oxygen atoms in total. The van der Waals surface area contributed by atoms with E-state index in [0.717, 1.165) is 25.0 Å². The first-order valence-electron chi connectivity index (χ1n) is 6.37. The van der Waals surface area contributed by atoms with Gasteiger partial charge in [-0.3, -0.25) is 4.79 Å². The molecular weight excluding hydrogens is 252 g/mol. The van der Waals surface area contributed by atoms with Gasteiger partial charge in [-0.1, -0.05) is 0 Å². The maximum absolute atomic E-state index is 14.0. The van der Waals surface area contributed by atoms with Gasteiger partial charge in [0.15, 0.2) is 11.6 Å². The Kier molecular flexibility index (Phi) is 2.80.